The number of aromatic nitrogens is 4. The van der Waals surface area contributed by atoms with Gasteiger partial charge in [0.05, 0.1) is 55.5 Å². The summed E-state index contributed by atoms with van der Waals surface area (Å²) in [5.41, 5.74) is 34.5. The molecule has 0 radical (unpaired) electrons. The van der Waals surface area contributed by atoms with Gasteiger partial charge in [-0.3, -0.25) is 0 Å². The van der Waals surface area contributed by atoms with E-state index in [1.807, 2.05) is 0 Å². The SMILES string of the molecule is CC(C)(C)c1cc(-n2c3ccc(C(C)(C)C)cc3c3cc(C(C)(C)C)cc(N4c5cc(-n6c7ccccc7c7ccccc76)ccc5B5c6ccc(-n7c8ccccc8c8ccccc87)cc6N(c6cc(C(C)(C)C)cc7c8cc(C(C)(C)C)ccc8n(-c8cc(C(C)(C)C)cc(C(C)(C)C)c8)c67)c6cc(C(C)(C)C)cc4c65)c32)cc(C(C)(C)C)c1. The largest absolute Gasteiger partial charge is 0.309 e. The van der Waals surface area contributed by atoms with Crippen LogP contribution in [0.1, 0.15) is 237 Å². The minimum Gasteiger partial charge on any atom is -0.309 e. The molecule has 17 aromatic rings. The summed E-state index contributed by atoms with van der Waals surface area (Å²) in [6, 6.07) is 97.0. The number of benzene rings is 13. The zero-order chi connectivity index (χ0) is 85.8. The van der Waals surface area contributed by atoms with Crippen LogP contribution in [0, 0.1) is 0 Å². The molecule has 4 aromatic heterocycles. The van der Waals surface area contributed by atoms with E-state index in [-0.39, 0.29) is 55.4 Å². The van der Waals surface area contributed by atoms with E-state index in [4.69, 9.17) is 0 Å². The Hall–Kier alpha value is -11.3. The maximum Gasteiger partial charge on any atom is 0.252 e. The highest BCUT2D eigenvalue weighted by molar-refractivity contribution is 7.00. The predicted octanol–water partition coefficient (Wildman–Crippen LogP) is 29.8. The Morgan fingerprint density at radius 2 is 0.438 bits per heavy atom. The molecular formula is C114H121BN6. The van der Waals surface area contributed by atoms with Crippen molar-refractivity contribution in [3.8, 4) is 22.7 Å². The summed E-state index contributed by atoms with van der Waals surface area (Å²) in [5, 5.41) is 9.92. The van der Waals surface area contributed by atoms with Crippen molar-refractivity contribution >= 4 is 144 Å². The summed E-state index contributed by atoms with van der Waals surface area (Å²) >= 11 is 0. The first-order chi connectivity index (χ1) is 56.7. The van der Waals surface area contributed by atoms with Gasteiger partial charge in [0.25, 0.3) is 6.71 Å². The molecule has 13 aromatic carbocycles. The monoisotopic (exact) mass is 1580 g/mol. The van der Waals surface area contributed by atoms with Crippen LogP contribution in [-0.2, 0) is 48.7 Å². The summed E-state index contributed by atoms with van der Waals surface area (Å²) in [5.74, 6) is 0. The second-order valence-corrected chi connectivity index (χ2v) is 45.0. The van der Waals surface area contributed by atoms with E-state index in [1.165, 1.54) is 176 Å². The number of anilines is 6. The molecule has 0 aliphatic carbocycles. The first-order valence-electron chi connectivity index (χ1n) is 44.3. The molecule has 0 spiro atoms. The normalized spacial score (nSPS) is 14.0. The van der Waals surface area contributed by atoms with Gasteiger partial charge in [0.15, 0.2) is 0 Å². The highest BCUT2D eigenvalue weighted by Crippen LogP contribution is 2.55. The molecule has 19 rings (SSSR count). The van der Waals surface area contributed by atoms with Crippen molar-refractivity contribution in [3.05, 3.63) is 293 Å². The average Bonchev–Trinajstić information content (AvgIpc) is 1.68. The molecule has 2 aliphatic rings. The van der Waals surface area contributed by atoms with Crippen LogP contribution >= 0.6 is 0 Å². The third-order valence-electron chi connectivity index (χ3n) is 27.0. The highest BCUT2D eigenvalue weighted by Gasteiger charge is 2.47. The lowest BCUT2D eigenvalue weighted by Gasteiger charge is -2.46. The van der Waals surface area contributed by atoms with Gasteiger partial charge >= 0.3 is 0 Å². The molecule has 6 nitrogen and oxygen atoms in total. The van der Waals surface area contributed by atoms with Gasteiger partial charge < -0.3 is 28.1 Å². The van der Waals surface area contributed by atoms with Crippen molar-refractivity contribution in [2.75, 3.05) is 9.80 Å². The smallest absolute Gasteiger partial charge is 0.252 e. The molecule has 0 fully saturated rings. The molecule has 0 unspecified atom stereocenters. The van der Waals surface area contributed by atoms with Crippen molar-refractivity contribution in [2.24, 2.45) is 0 Å². The number of hydrogen-bond donors (Lipinski definition) is 0. The van der Waals surface area contributed by atoms with E-state index in [1.54, 1.807) is 0 Å². The number of para-hydroxylation sites is 4. The molecule has 2 aliphatic heterocycles. The topological polar surface area (TPSA) is 26.2 Å². The summed E-state index contributed by atoms with van der Waals surface area (Å²) < 4.78 is 10.5. The molecule has 121 heavy (non-hydrogen) atoms. The third-order valence-corrected chi connectivity index (χ3v) is 27.0. The molecule has 610 valence electrons. The van der Waals surface area contributed by atoms with Gasteiger partial charge in [-0.05, 0) is 249 Å². The molecular weight excluding hydrogens is 1460 g/mol. The van der Waals surface area contributed by atoms with E-state index < -0.39 is 0 Å². The number of fused-ring (bicyclic) bond motifs is 16. The van der Waals surface area contributed by atoms with Gasteiger partial charge in [-0.15, -0.1) is 0 Å². The van der Waals surface area contributed by atoms with Gasteiger partial charge in [0.1, 0.15) is 0 Å². The fourth-order valence-electron chi connectivity index (χ4n) is 19.7. The second-order valence-electron chi connectivity index (χ2n) is 45.0. The van der Waals surface area contributed by atoms with Gasteiger partial charge in [-0.2, -0.15) is 0 Å². The Bertz CT molecular complexity index is 6620. The van der Waals surface area contributed by atoms with Crippen LogP contribution in [0.4, 0.5) is 34.1 Å². The minimum absolute atomic E-state index is 0.130. The number of rotatable bonds is 6. The van der Waals surface area contributed by atoms with Crippen molar-refractivity contribution in [1.29, 1.82) is 0 Å². The van der Waals surface area contributed by atoms with Crippen molar-refractivity contribution in [3.63, 3.8) is 0 Å². The van der Waals surface area contributed by atoms with E-state index in [2.05, 4.69) is 458 Å². The van der Waals surface area contributed by atoms with Crippen LogP contribution in [0.15, 0.2) is 243 Å². The van der Waals surface area contributed by atoms with Crippen molar-refractivity contribution < 1.29 is 0 Å². The van der Waals surface area contributed by atoms with Crippen LogP contribution in [0.25, 0.3) is 110 Å². The van der Waals surface area contributed by atoms with Gasteiger partial charge in [-0.25, -0.2) is 0 Å². The lowest BCUT2D eigenvalue weighted by Crippen LogP contribution is -2.61. The summed E-state index contributed by atoms with van der Waals surface area (Å²) in [6.45, 7) is 64.4. The molecule has 0 amide bonds. The zero-order valence-corrected chi connectivity index (χ0v) is 76.9. The van der Waals surface area contributed by atoms with Crippen LogP contribution in [0.3, 0.4) is 0 Å². The molecule has 0 saturated carbocycles. The molecule has 0 atom stereocenters. The Labute approximate surface area is 718 Å². The van der Waals surface area contributed by atoms with Crippen LogP contribution in [-0.4, -0.2) is 25.0 Å². The fraction of sp³-hybridized carbons (Fsp3) is 0.316. The highest BCUT2D eigenvalue weighted by atomic mass is 15.2. The molecule has 0 bridgehead atoms. The van der Waals surface area contributed by atoms with Gasteiger partial charge in [0, 0.05) is 88.6 Å². The Balaban J connectivity index is 1.04. The molecule has 6 heterocycles. The summed E-state index contributed by atoms with van der Waals surface area (Å²) in [4.78, 5) is 5.61. The van der Waals surface area contributed by atoms with E-state index in [9.17, 15) is 0 Å². The summed E-state index contributed by atoms with van der Waals surface area (Å²) in [6.07, 6.45) is 0. The van der Waals surface area contributed by atoms with Gasteiger partial charge in [-0.1, -0.05) is 296 Å². The zero-order valence-electron chi connectivity index (χ0n) is 76.9. The van der Waals surface area contributed by atoms with E-state index in [0.29, 0.717) is 0 Å². The van der Waals surface area contributed by atoms with Crippen LogP contribution < -0.4 is 26.2 Å². The first-order valence-corrected chi connectivity index (χ1v) is 44.3. The summed E-state index contributed by atoms with van der Waals surface area (Å²) in [7, 11) is 0. The quantitative estimate of drug-likeness (QED) is 0.155. The van der Waals surface area contributed by atoms with E-state index in [0.717, 1.165) is 34.1 Å². The molecule has 0 N–H and O–H groups in total. The van der Waals surface area contributed by atoms with Crippen molar-refractivity contribution in [1.82, 2.24) is 18.3 Å². The second kappa shape index (κ2) is 26.6. The Morgan fingerprint density at radius 1 is 0.182 bits per heavy atom. The maximum atomic E-state index is 2.81. The lowest BCUT2D eigenvalue weighted by molar-refractivity contribution is 0.567. The molecule has 7 heteroatoms. The van der Waals surface area contributed by atoms with Crippen molar-refractivity contribution in [2.45, 2.75) is 236 Å². The van der Waals surface area contributed by atoms with E-state index >= 15 is 0 Å². The average molecular weight is 1590 g/mol. The Morgan fingerprint density at radius 3 is 0.736 bits per heavy atom. The third kappa shape index (κ3) is 12.8. The first kappa shape index (κ1) is 79.5. The predicted molar refractivity (Wildman–Crippen MR) is 526 cm³/mol. The van der Waals surface area contributed by atoms with Crippen LogP contribution in [0.2, 0.25) is 0 Å². The Kier molecular flexibility index (Phi) is 17.5. The maximum absolute atomic E-state index is 2.81. The number of nitrogens with zero attached hydrogens (tertiary/aromatic N) is 6. The lowest BCUT2D eigenvalue weighted by atomic mass is 9.33. The molecule has 0 saturated heterocycles. The van der Waals surface area contributed by atoms with Crippen LogP contribution in [0.5, 0.6) is 0 Å². The fourth-order valence-corrected chi connectivity index (χ4v) is 19.7. The number of hydrogen-bond acceptors (Lipinski definition) is 2. The minimum atomic E-state index is -0.371. The van der Waals surface area contributed by atoms with Gasteiger partial charge in [0.2, 0.25) is 0 Å². The standard InChI is InChI=1S/C114H121BN6/c1-106(2,3)68-44-50-95-85(58-68)87-60-74(112(19,20)21)64-101(104(87)118(95)79-54-70(108(7,8)9)52-71(55-79)109(10,11)12)120-97-66-77(116-91-40-32-28-36-81(91)82-37-29-33-41-92(82)116)46-48-89(97)115-90-49-47-78(117-93-42-34-30-38-83(93)84-39-31-35-43-94(84)117)67-98(90)121(100-63-76(114(25,26)27)62-99(120)103(100)115)102-65-75(113(22,23)24)61-88-86-59-69(107(4,5)6)45-51-96(86)119(105(88)102)80-56-72(110(13,14)15)53-73(57-80)111(16,17)18/h28-67H,1-27H3.